The summed E-state index contributed by atoms with van der Waals surface area (Å²) in [5.41, 5.74) is 0. The first-order valence-electron chi connectivity index (χ1n) is 4.20. The van der Waals surface area contributed by atoms with Crippen LogP contribution in [0.4, 0.5) is 0 Å². The smallest absolute Gasteiger partial charge is 0.323 e. The molecule has 1 heterocycles. The molecule has 1 saturated heterocycles. The van der Waals surface area contributed by atoms with Gasteiger partial charge in [-0.2, -0.15) is 4.31 Å². The number of hydrogen-bond donors (Lipinski definition) is 1. The van der Waals surface area contributed by atoms with Crippen LogP contribution in [0.3, 0.4) is 0 Å². The Morgan fingerprint density at radius 2 is 2.00 bits per heavy atom. The Hall–Kier alpha value is -0.660. The number of likely N-dealkylation sites (N-methyl/N-ethyl adjacent to an activating group) is 1. The lowest BCUT2D eigenvalue weighted by molar-refractivity contribution is -0.143. The zero-order valence-electron chi connectivity index (χ0n) is 8.17. The van der Waals surface area contributed by atoms with Crippen molar-refractivity contribution >= 4 is 16.0 Å². The summed E-state index contributed by atoms with van der Waals surface area (Å²) in [5.74, 6) is -1.10. The molecule has 1 unspecified atom stereocenters. The summed E-state index contributed by atoms with van der Waals surface area (Å²) in [4.78, 5) is 12.6. The molecule has 1 atom stereocenters. The van der Waals surface area contributed by atoms with E-state index in [1.165, 1.54) is 0 Å². The van der Waals surface area contributed by atoms with Crippen LogP contribution in [0.1, 0.15) is 0 Å². The van der Waals surface area contributed by atoms with E-state index in [0.29, 0.717) is 6.54 Å². The second kappa shape index (κ2) is 3.84. The van der Waals surface area contributed by atoms with Crippen LogP contribution in [0.15, 0.2) is 0 Å². The van der Waals surface area contributed by atoms with Crippen LogP contribution in [0.2, 0.25) is 0 Å². The van der Waals surface area contributed by atoms with Gasteiger partial charge in [0, 0.05) is 19.6 Å². The quantitative estimate of drug-likeness (QED) is 0.625. The molecule has 0 aromatic carbocycles. The molecule has 1 N–H and O–H groups in total. The fraction of sp³-hybridized carbons (Fsp3) is 0.857. The number of carboxylic acid groups (broad SMARTS) is 1. The lowest BCUT2D eigenvalue weighted by Gasteiger charge is -2.35. The summed E-state index contributed by atoms with van der Waals surface area (Å²) >= 11 is 0. The molecule has 0 aliphatic carbocycles. The van der Waals surface area contributed by atoms with Crippen molar-refractivity contribution in [3.05, 3.63) is 0 Å². The molecule has 0 amide bonds. The molecule has 1 aliphatic heterocycles. The number of carboxylic acids is 1. The number of rotatable bonds is 2. The van der Waals surface area contributed by atoms with E-state index in [4.69, 9.17) is 5.11 Å². The summed E-state index contributed by atoms with van der Waals surface area (Å²) < 4.78 is 23.5. The molecule has 0 spiro atoms. The monoisotopic (exact) mass is 222 g/mol. The summed E-state index contributed by atoms with van der Waals surface area (Å²) in [7, 11) is -1.64. The molecular weight excluding hydrogens is 208 g/mol. The van der Waals surface area contributed by atoms with Crippen molar-refractivity contribution in [2.24, 2.45) is 0 Å². The average Bonchev–Trinajstić information content (AvgIpc) is 2.01. The van der Waals surface area contributed by atoms with E-state index in [1.807, 2.05) is 0 Å². The highest BCUT2D eigenvalue weighted by atomic mass is 32.2. The Balaban J connectivity index is 2.89. The van der Waals surface area contributed by atoms with Gasteiger partial charge in [0.1, 0.15) is 6.04 Å². The number of aliphatic carboxylic acids is 1. The van der Waals surface area contributed by atoms with Crippen LogP contribution < -0.4 is 0 Å². The van der Waals surface area contributed by atoms with E-state index in [2.05, 4.69) is 0 Å². The van der Waals surface area contributed by atoms with Gasteiger partial charge >= 0.3 is 5.97 Å². The van der Waals surface area contributed by atoms with Gasteiger partial charge in [-0.3, -0.25) is 4.79 Å². The number of piperazine rings is 1. The normalized spacial score (nSPS) is 26.3. The van der Waals surface area contributed by atoms with Crippen LogP contribution in [0.25, 0.3) is 0 Å². The highest BCUT2D eigenvalue weighted by Gasteiger charge is 2.36. The Bertz CT molecular complexity index is 327. The van der Waals surface area contributed by atoms with Crippen molar-refractivity contribution in [3.8, 4) is 0 Å². The fourth-order valence-electron chi connectivity index (χ4n) is 1.50. The van der Waals surface area contributed by atoms with E-state index >= 15 is 0 Å². The minimum absolute atomic E-state index is 0.238. The van der Waals surface area contributed by atoms with Gasteiger partial charge in [0.15, 0.2) is 0 Å². The third kappa shape index (κ3) is 2.43. The Morgan fingerprint density at radius 1 is 1.43 bits per heavy atom. The van der Waals surface area contributed by atoms with E-state index in [-0.39, 0.29) is 13.1 Å². The minimum Gasteiger partial charge on any atom is -0.480 e. The number of carbonyl (C=O) groups is 1. The molecule has 14 heavy (non-hydrogen) atoms. The summed E-state index contributed by atoms with van der Waals surface area (Å²) in [6.07, 6.45) is 1.04. The van der Waals surface area contributed by atoms with Crippen LogP contribution in [0.5, 0.6) is 0 Å². The molecule has 6 nitrogen and oxygen atoms in total. The largest absolute Gasteiger partial charge is 0.480 e. The SMILES string of the molecule is CN1CCN(S(C)(=O)=O)C(C(=O)O)C1. The lowest BCUT2D eigenvalue weighted by atomic mass is 10.2. The van der Waals surface area contributed by atoms with E-state index in [1.54, 1.807) is 11.9 Å². The van der Waals surface area contributed by atoms with Crippen LogP contribution in [-0.2, 0) is 14.8 Å². The van der Waals surface area contributed by atoms with E-state index < -0.39 is 22.0 Å². The van der Waals surface area contributed by atoms with Gasteiger partial charge in [-0.05, 0) is 7.05 Å². The van der Waals surface area contributed by atoms with Gasteiger partial charge in [-0.15, -0.1) is 0 Å². The predicted octanol–water partition coefficient (Wildman–Crippen LogP) is -1.35. The summed E-state index contributed by atoms with van der Waals surface area (Å²) in [6, 6.07) is -0.955. The van der Waals surface area contributed by atoms with Gasteiger partial charge in [-0.25, -0.2) is 8.42 Å². The minimum atomic E-state index is -3.42. The molecule has 0 aromatic heterocycles. The summed E-state index contributed by atoms with van der Waals surface area (Å²) in [5, 5.41) is 8.86. The van der Waals surface area contributed by atoms with Crippen molar-refractivity contribution in [1.29, 1.82) is 0 Å². The van der Waals surface area contributed by atoms with Crippen molar-refractivity contribution < 1.29 is 18.3 Å². The van der Waals surface area contributed by atoms with Gasteiger partial charge in [0.2, 0.25) is 10.0 Å². The molecule has 0 saturated carbocycles. The Labute approximate surface area is 83.2 Å². The maximum atomic E-state index is 11.3. The number of sulfonamides is 1. The van der Waals surface area contributed by atoms with E-state index in [0.717, 1.165) is 10.6 Å². The topological polar surface area (TPSA) is 77.9 Å². The van der Waals surface area contributed by atoms with Crippen molar-refractivity contribution in [3.63, 3.8) is 0 Å². The number of hydrogen-bond acceptors (Lipinski definition) is 4. The fourth-order valence-corrected chi connectivity index (χ4v) is 2.53. The first kappa shape index (κ1) is 11.4. The molecule has 0 radical (unpaired) electrons. The molecule has 1 aliphatic rings. The maximum Gasteiger partial charge on any atom is 0.323 e. The van der Waals surface area contributed by atoms with Crippen LogP contribution >= 0.6 is 0 Å². The van der Waals surface area contributed by atoms with Crippen molar-refractivity contribution in [2.75, 3.05) is 32.9 Å². The van der Waals surface area contributed by atoms with Gasteiger partial charge < -0.3 is 10.0 Å². The second-order valence-electron chi connectivity index (χ2n) is 3.49. The standard InChI is InChI=1S/C7H14N2O4S/c1-8-3-4-9(14(2,12)13)6(5-8)7(10)11/h6H,3-5H2,1-2H3,(H,10,11). The third-order valence-electron chi connectivity index (χ3n) is 2.25. The predicted molar refractivity (Wildman–Crippen MR) is 50.5 cm³/mol. The highest BCUT2D eigenvalue weighted by Crippen LogP contribution is 2.12. The van der Waals surface area contributed by atoms with Gasteiger partial charge in [0.25, 0.3) is 0 Å². The Morgan fingerprint density at radius 3 is 2.43 bits per heavy atom. The second-order valence-corrected chi connectivity index (χ2v) is 5.43. The molecular formula is C7H14N2O4S. The van der Waals surface area contributed by atoms with Crippen molar-refractivity contribution in [1.82, 2.24) is 9.21 Å². The summed E-state index contributed by atoms with van der Waals surface area (Å²) in [6.45, 7) is 1.05. The molecule has 1 rings (SSSR count). The molecule has 0 aromatic rings. The van der Waals surface area contributed by atoms with Crippen LogP contribution in [0, 0.1) is 0 Å². The van der Waals surface area contributed by atoms with Gasteiger partial charge in [-0.1, -0.05) is 0 Å². The highest BCUT2D eigenvalue weighted by molar-refractivity contribution is 7.88. The molecule has 82 valence electrons. The first-order chi connectivity index (χ1) is 6.32. The Kier molecular flexibility index (Phi) is 3.13. The zero-order chi connectivity index (χ0) is 10.9. The maximum absolute atomic E-state index is 11.3. The van der Waals surface area contributed by atoms with Crippen LogP contribution in [-0.4, -0.2) is 67.7 Å². The molecule has 0 bridgehead atoms. The third-order valence-corrected chi connectivity index (χ3v) is 3.53. The molecule has 7 heteroatoms. The average molecular weight is 222 g/mol. The van der Waals surface area contributed by atoms with Gasteiger partial charge in [0.05, 0.1) is 6.26 Å². The number of nitrogens with zero attached hydrogens (tertiary/aromatic N) is 2. The lowest BCUT2D eigenvalue weighted by Crippen LogP contribution is -2.56. The molecule has 1 fully saturated rings. The zero-order valence-corrected chi connectivity index (χ0v) is 8.99. The first-order valence-corrected chi connectivity index (χ1v) is 6.05. The van der Waals surface area contributed by atoms with E-state index in [9.17, 15) is 13.2 Å². The van der Waals surface area contributed by atoms with Crippen molar-refractivity contribution in [2.45, 2.75) is 6.04 Å².